The zero-order chi connectivity index (χ0) is 21.4. The minimum absolute atomic E-state index is 0.149. The van der Waals surface area contributed by atoms with Crippen molar-refractivity contribution in [1.82, 2.24) is 24.8 Å². The molecule has 3 aromatic heterocycles. The van der Waals surface area contributed by atoms with Crippen molar-refractivity contribution in [1.29, 1.82) is 0 Å². The molecule has 4 aromatic rings. The Morgan fingerprint density at radius 2 is 2.07 bits per heavy atom. The van der Waals surface area contributed by atoms with Gasteiger partial charge >= 0.3 is 0 Å². The van der Waals surface area contributed by atoms with Crippen molar-refractivity contribution in [3.63, 3.8) is 0 Å². The molecule has 154 valence electrons. The van der Waals surface area contributed by atoms with Crippen LogP contribution in [0.1, 0.15) is 24.9 Å². The van der Waals surface area contributed by atoms with Crippen molar-refractivity contribution in [3.05, 3.63) is 42.4 Å². The summed E-state index contributed by atoms with van der Waals surface area (Å²) in [5, 5.41) is 3.92. The number of nitrogens with two attached hydrogens (primary N) is 2. The van der Waals surface area contributed by atoms with Crippen molar-refractivity contribution in [2.45, 2.75) is 25.4 Å². The van der Waals surface area contributed by atoms with Crippen LogP contribution < -0.4 is 16.8 Å². The van der Waals surface area contributed by atoms with E-state index in [2.05, 4.69) is 15.3 Å². The van der Waals surface area contributed by atoms with Crippen LogP contribution in [0.2, 0.25) is 0 Å². The minimum Gasteiger partial charge on any atom is -0.370 e. The summed E-state index contributed by atoms with van der Waals surface area (Å²) in [6, 6.07) is 6.79. The van der Waals surface area contributed by atoms with Crippen LogP contribution in [0.15, 0.2) is 36.8 Å². The molecule has 4 rings (SSSR count). The van der Waals surface area contributed by atoms with Gasteiger partial charge in [-0.2, -0.15) is 0 Å². The lowest BCUT2D eigenvalue weighted by atomic mass is 10.0. The van der Waals surface area contributed by atoms with E-state index in [4.69, 9.17) is 16.5 Å². The van der Waals surface area contributed by atoms with Gasteiger partial charge in [0.1, 0.15) is 20.9 Å². The summed E-state index contributed by atoms with van der Waals surface area (Å²) in [6.07, 6.45) is 3.36. The maximum atomic E-state index is 11.6. The molecule has 3 heterocycles. The average Bonchev–Trinajstić information content (AvgIpc) is 3.30. The molecule has 0 aliphatic carbocycles. The molecular weight excluding hydrogens is 402 g/mol. The van der Waals surface area contributed by atoms with Crippen LogP contribution in [0.4, 0.5) is 0 Å². The Bertz CT molecular complexity index is 1260. The number of pyridine rings is 1. The van der Waals surface area contributed by atoms with Crippen LogP contribution in [0, 0.1) is 0 Å². The van der Waals surface area contributed by atoms with E-state index in [0.29, 0.717) is 0 Å². The number of nitrogens with zero attached hydrogens (tertiary/aromatic N) is 4. The number of hydrogen-bond donors (Lipinski definition) is 3. The van der Waals surface area contributed by atoms with Gasteiger partial charge in [0.15, 0.2) is 0 Å². The number of fused-ring (bicyclic) bond motifs is 3. The lowest BCUT2D eigenvalue weighted by Crippen LogP contribution is -2.44. The average molecular weight is 424 g/mol. The number of aromatic nitrogens is 4. The second kappa shape index (κ2) is 7.81. The highest BCUT2D eigenvalue weighted by atomic mass is 32.1. The second-order valence-corrected chi connectivity index (χ2v) is 8.14. The summed E-state index contributed by atoms with van der Waals surface area (Å²) in [6.45, 7) is 1.90. The first-order valence-electron chi connectivity index (χ1n) is 9.34. The topological polar surface area (TPSA) is 142 Å². The third-order valence-corrected chi connectivity index (χ3v) is 5.95. The molecular formula is C20H21N7O2S. The Hall–Kier alpha value is -3.37. The lowest BCUT2D eigenvalue weighted by Gasteiger charge is -2.20. The molecule has 2 atom stereocenters. The second-order valence-electron chi connectivity index (χ2n) is 7.16. The number of carbonyl (C=O) groups excluding carboxylic acids is 2. The Balaban J connectivity index is 1.66. The maximum Gasteiger partial charge on any atom is 0.235 e. The molecule has 2 amide bonds. The maximum absolute atomic E-state index is 11.6. The van der Waals surface area contributed by atoms with Crippen molar-refractivity contribution in [2.75, 3.05) is 0 Å². The number of imidazole rings is 1. The first-order valence-corrected chi connectivity index (χ1v) is 10.2. The number of nitrogens with one attached hydrogen (secondary N) is 1. The summed E-state index contributed by atoms with van der Waals surface area (Å²) in [4.78, 5) is 37.3. The Morgan fingerprint density at radius 3 is 2.80 bits per heavy atom. The SMILES string of the molecule is C[C@H](N[C@H](CC(N)=O)C(N)=O)c1cccc(-c2nc3c(ncc4ncn(C)c43)s2)c1. The highest BCUT2D eigenvalue weighted by Crippen LogP contribution is 2.33. The molecule has 0 saturated carbocycles. The smallest absolute Gasteiger partial charge is 0.235 e. The highest BCUT2D eigenvalue weighted by Gasteiger charge is 2.21. The van der Waals surface area contributed by atoms with Gasteiger partial charge in [-0.1, -0.05) is 29.5 Å². The van der Waals surface area contributed by atoms with E-state index in [1.54, 1.807) is 12.5 Å². The molecule has 0 saturated heterocycles. The normalized spacial score (nSPS) is 13.5. The molecule has 30 heavy (non-hydrogen) atoms. The Kier molecular flexibility index (Phi) is 5.18. The van der Waals surface area contributed by atoms with Crippen LogP contribution in [0.3, 0.4) is 0 Å². The molecule has 0 fully saturated rings. The van der Waals surface area contributed by atoms with E-state index < -0.39 is 17.9 Å². The third-order valence-electron chi connectivity index (χ3n) is 4.94. The van der Waals surface area contributed by atoms with E-state index in [1.807, 2.05) is 42.8 Å². The van der Waals surface area contributed by atoms with Crippen LogP contribution in [0.5, 0.6) is 0 Å². The number of hydrogen-bond acceptors (Lipinski definition) is 7. The quantitative estimate of drug-likeness (QED) is 0.412. The zero-order valence-electron chi connectivity index (χ0n) is 16.5. The lowest BCUT2D eigenvalue weighted by molar-refractivity contribution is -0.125. The molecule has 0 aliphatic heterocycles. The van der Waals surface area contributed by atoms with Crippen molar-refractivity contribution < 1.29 is 9.59 Å². The number of rotatable bonds is 7. The first-order chi connectivity index (χ1) is 14.3. The predicted molar refractivity (Wildman–Crippen MR) is 115 cm³/mol. The molecule has 0 spiro atoms. The highest BCUT2D eigenvalue weighted by molar-refractivity contribution is 7.21. The zero-order valence-corrected chi connectivity index (χ0v) is 17.3. The number of carbonyl (C=O) groups is 2. The number of aryl methyl sites for hydroxylation is 1. The number of amides is 2. The summed E-state index contributed by atoms with van der Waals surface area (Å²) in [5.74, 6) is -1.20. The van der Waals surface area contributed by atoms with Crippen molar-refractivity contribution in [2.24, 2.45) is 18.5 Å². The molecule has 0 unspecified atom stereocenters. The standard InChI is InChI=1S/C20H21N7O2S/c1-10(25-13(18(22)29)7-15(21)28)11-4-3-5-12(6-11)19-26-16-17-14(24-9-27(17)2)8-23-20(16)30-19/h3-6,8-10,13,25H,7H2,1-2H3,(H2,21,28)(H2,22,29)/t10-,13+/m0/s1. The molecule has 1 aromatic carbocycles. The van der Waals surface area contributed by atoms with Crippen molar-refractivity contribution in [3.8, 4) is 10.6 Å². The third kappa shape index (κ3) is 3.74. The fourth-order valence-corrected chi connectivity index (χ4v) is 4.32. The van der Waals surface area contributed by atoms with Crippen LogP contribution in [-0.2, 0) is 16.6 Å². The van der Waals surface area contributed by atoms with Gasteiger partial charge in [0.25, 0.3) is 0 Å². The van der Waals surface area contributed by atoms with Gasteiger partial charge in [0, 0.05) is 18.7 Å². The number of primary amides is 2. The largest absolute Gasteiger partial charge is 0.370 e. The monoisotopic (exact) mass is 423 g/mol. The molecule has 0 radical (unpaired) electrons. The fourth-order valence-electron chi connectivity index (χ4n) is 3.41. The molecule has 0 bridgehead atoms. The van der Waals surface area contributed by atoms with E-state index in [-0.39, 0.29) is 12.5 Å². The van der Waals surface area contributed by atoms with Gasteiger partial charge in [-0.15, -0.1) is 0 Å². The van der Waals surface area contributed by atoms with Gasteiger partial charge in [-0.05, 0) is 18.6 Å². The summed E-state index contributed by atoms with van der Waals surface area (Å²) >= 11 is 1.51. The van der Waals surface area contributed by atoms with E-state index in [1.165, 1.54) is 11.3 Å². The summed E-state index contributed by atoms with van der Waals surface area (Å²) in [5.41, 5.74) is 15.1. The first kappa shape index (κ1) is 19.9. The fraction of sp³-hybridized carbons (Fsp3) is 0.250. The van der Waals surface area contributed by atoms with Gasteiger partial charge in [-0.3, -0.25) is 14.9 Å². The van der Waals surface area contributed by atoms with Gasteiger partial charge < -0.3 is 16.0 Å². The van der Waals surface area contributed by atoms with E-state index in [0.717, 1.165) is 37.5 Å². The number of thiazole rings is 1. The van der Waals surface area contributed by atoms with Gasteiger partial charge in [0.05, 0.1) is 30.5 Å². The van der Waals surface area contributed by atoms with E-state index in [9.17, 15) is 9.59 Å². The summed E-state index contributed by atoms with van der Waals surface area (Å²) < 4.78 is 1.94. The Morgan fingerprint density at radius 1 is 1.27 bits per heavy atom. The van der Waals surface area contributed by atoms with E-state index >= 15 is 0 Å². The molecule has 9 nitrogen and oxygen atoms in total. The van der Waals surface area contributed by atoms with Gasteiger partial charge in [-0.25, -0.2) is 15.0 Å². The number of benzene rings is 1. The predicted octanol–water partition coefficient (Wildman–Crippen LogP) is 1.62. The van der Waals surface area contributed by atoms with Crippen LogP contribution in [-0.4, -0.2) is 37.4 Å². The molecule has 0 aliphatic rings. The van der Waals surface area contributed by atoms with Gasteiger partial charge in [0.2, 0.25) is 11.8 Å². The van der Waals surface area contributed by atoms with Crippen LogP contribution >= 0.6 is 11.3 Å². The van der Waals surface area contributed by atoms with Crippen molar-refractivity contribution >= 4 is 44.5 Å². The summed E-state index contributed by atoms with van der Waals surface area (Å²) in [7, 11) is 1.93. The molecule has 10 heteroatoms. The molecule has 5 N–H and O–H groups in total. The van der Waals surface area contributed by atoms with Crippen LogP contribution in [0.25, 0.3) is 32.0 Å². The Labute approximate surface area is 176 Å². The minimum atomic E-state index is -0.828.